The zero-order chi connectivity index (χ0) is 9.38. The Morgan fingerprint density at radius 2 is 2.14 bits per heavy atom. The van der Waals surface area contributed by atoms with Gasteiger partial charge in [-0.05, 0) is 12.0 Å². The lowest BCUT2D eigenvalue weighted by atomic mass is 9.90. The van der Waals surface area contributed by atoms with Gasteiger partial charge in [0.1, 0.15) is 0 Å². The van der Waals surface area contributed by atoms with Crippen LogP contribution in [0.2, 0.25) is 0 Å². The van der Waals surface area contributed by atoms with E-state index in [4.69, 9.17) is 0 Å². The van der Waals surface area contributed by atoms with Gasteiger partial charge in [-0.15, -0.1) is 0 Å². The molecule has 2 aliphatic carbocycles. The van der Waals surface area contributed by atoms with Crippen LogP contribution >= 0.6 is 0 Å². The summed E-state index contributed by atoms with van der Waals surface area (Å²) in [6.07, 6.45) is 16.5. The van der Waals surface area contributed by atoms with Crippen molar-refractivity contribution in [1.29, 1.82) is 0 Å². The van der Waals surface area contributed by atoms with Crippen LogP contribution in [0.1, 0.15) is 6.42 Å². The Labute approximate surface area is 84.2 Å². The van der Waals surface area contributed by atoms with Crippen molar-refractivity contribution in [3.05, 3.63) is 59.4 Å². The second-order valence-corrected chi connectivity index (χ2v) is 3.87. The zero-order valence-electron chi connectivity index (χ0n) is 8.03. The summed E-state index contributed by atoms with van der Waals surface area (Å²) in [5.74, 6) is 0.630. The van der Waals surface area contributed by atoms with Gasteiger partial charge in [-0.2, -0.15) is 0 Å². The molecule has 1 aliphatic heterocycles. The molecule has 0 saturated carbocycles. The van der Waals surface area contributed by atoms with Gasteiger partial charge in [0.15, 0.2) is 0 Å². The first kappa shape index (κ1) is 7.86. The highest BCUT2D eigenvalue weighted by molar-refractivity contribution is 5.56. The van der Waals surface area contributed by atoms with Crippen molar-refractivity contribution >= 4 is 0 Å². The van der Waals surface area contributed by atoms with Crippen molar-refractivity contribution in [3.8, 4) is 0 Å². The van der Waals surface area contributed by atoms with Crippen molar-refractivity contribution in [3.63, 3.8) is 0 Å². The molecule has 1 heterocycles. The number of rotatable bonds is 0. The van der Waals surface area contributed by atoms with Crippen LogP contribution in [-0.4, -0.2) is 6.54 Å². The maximum absolute atomic E-state index is 3.49. The lowest BCUT2D eigenvalue weighted by molar-refractivity contribution is 0.786. The van der Waals surface area contributed by atoms with Gasteiger partial charge in [0.25, 0.3) is 0 Å². The van der Waals surface area contributed by atoms with Crippen LogP contribution in [0.25, 0.3) is 0 Å². The van der Waals surface area contributed by atoms with Gasteiger partial charge in [-0.1, -0.05) is 42.5 Å². The Bertz CT molecular complexity index is 405. The average molecular weight is 183 g/mol. The molecule has 1 N–H and O–H groups in total. The second-order valence-electron chi connectivity index (χ2n) is 3.87. The summed E-state index contributed by atoms with van der Waals surface area (Å²) in [5.41, 5.74) is 4.12. The first-order valence-electron chi connectivity index (χ1n) is 5.17. The minimum absolute atomic E-state index is 0.630. The quantitative estimate of drug-likeness (QED) is 0.608. The molecular weight excluding hydrogens is 170 g/mol. The van der Waals surface area contributed by atoms with E-state index in [-0.39, 0.29) is 0 Å². The van der Waals surface area contributed by atoms with E-state index in [0.29, 0.717) is 5.92 Å². The van der Waals surface area contributed by atoms with Gasteiger partial charge in [0.2, 0.25) is 0 Å². The Hall–Kier alpha value is -1.50. The Balaban J connectivity index is 2.15. The van der Waals surface area contributed by atoms with E-state index >= 15 is 0 Å². The molecule has 14 heavy (non-hydrogen) atoms. The molecule has 1 unspecified atom stereocenters. The molecule has 3 aliphatic rings. The fourth-order valence-corrected chi connectivity index (χ4v) is 2.30. The van der Waals surface area contributed by atoms with E-state index in [9.17, 15) is 0 Å². The van der Waals surface area contributed by atoms with Crippen molar-refractivity contribution in [1.82, 2.24) is 5.32 Å². The maximum Gasteiger partial charge on any atom is 0.0257 e. The van der Waals surface area contributed by atoms with Gasteiger partial charge in [-0.3, -0.25) is 0 Å². The summed E-state index contributed by atoms with van der Waals surface area (Å²) in [7, 11) is 0. The molecule has 1 nitrogen and oxygen atoms in total. The van der Waals surface area contributed by atoms with Crippen molar-refractivity contribution < 1.29 is 0 Å². The van der Waals surface area contributed by atoms with E-state index in [1.54, 1.807) is 0 Å². The molecule has 1 fully saturated rings. The van der Waals surface area contributed by atoms with Crippen LogP contribution in [0.15, 0.2) is 59.4 Å². The van der Waals surface area contributed by atoms with E-state index in [1.165, 1.54) is 23.3 Å². The van der Waals surface area contributed by atoms with Gasteiger partial charge >= 0.3 is 0 Å². The minimum Gasteiger partial charge on any atom is -0.387 e. The molecule has 0 spiro atoms. The maximum atomic E-state index is 3.49. The van der Waals surface area contributed by atoms with Crippen LogP contribution in [0.3, 0.4) is 0 Å². The summed E-state index contributed by atoms with van der Waals surface area (Å²) in [4.78, 5) is 0. The third-order valence-corrected chi connectivity index (χ3v) is 3.01. The molecule has 0 aromatic heterocycles. The monoisotopic (exact) mass is 183 g/mol. The van der Waals surface area contributed by atoms with Crippen LogP contribution in [0.5, 0.6) is 0 Å². The summed E-state index contributed by atoms with van der Waals surface area (Å²) < 4.78 is 0. The van der Waals surface area contributed by atoms with Gasteiger partial charge in [0, 0.05) is 23.7 Å². The van der Waals surface area contributed by atoms with Crippen molar-refractivity contribution in [2.75, 3.05) is 6.54 Å². The number of allylic oxidation sites excluding steroid dienone is 9. The summed E-state index contributed by atoms with van der Waals surface area (Å²) in [6.45, 7) is 1.11. The molecule has 70 valence electrons. The largest absolute Gasteiger partial charge is 0.387 e. The summed E-state index contributed by atoms with van der Waals surface area (Å²) in [5, 5.41) is 3.49. The fourth-order valence-electron chi connectivity index (χ4n) is 2.30. The third-order valence-electron chi connectivity index (χ3n) is 3.01. The number of hydrogen-bond donors (Lipinski definition) is 1. The molecule has 0 amide bonds. The first-order chi connectivity index (χ1) is 6.95. The Morgan fingerprint density at radius 3 is 3.14 bits per heavy atom. The third kappa shape index (κ3) is 1.09. The van der Waals surface area contributed by atoms with Crippen LogP contribution in [0.4, 0.5) is 0 Å². The Morgan fingerprint density at radius 1 is 1.14 bits per heavy atom. The minimum atomic E-state index is 0.630. The van der Waals surface area contributed by atoms with Crippen LogP contribution < -0.4 is 5.32 Å². The molecule has 0 radical (unpaired) electrons. The van der Waals surface area contributed by atoms with Gasteiger partial charge < -0.3 is 5.32 Å². The standard InChI is InChI=1S/C13H13N/c1-2-4-10-6-7-11-8-9-14-13(11)12(10)5-3-1/h1-7,11,14H,8-9H2. The molecule has 0 aromatic carbocycles. The van der Waals surface area contributed by atoms with E-state index in [0.717, 1.165) is 6.54 Å². The predicted molar refractivity (Wildman–Crippen MR) is 58.6 cm³/mol. The van der Waals surface area contributed by atoms with E-state index < -0.39 is 0 Å². The lowest BCUT2D eigenvalue weighted by Crippen LogP contribution is -2.12. The second kappa shape index (κ2) is 3.02. The molecule has 3 rings (SSSR count). The summed E-state index contributed by atoms with van der Waals surface area (Å²) in [6, 6.07) is 0. The van der Waals surface area contributed by atoms with Gasteiger partial charge in [0.05, 0.1) is 0 Å². The normalized spacial score (nSPS) is 28.0. The topological polar surface area (TPSA) is 12.0 Å². The number of fused-ring (bicyclic) bond motifs is 2. The molecule has 0 aromatic rings. The number of nitrogens with one attached hydrogen (secondary N) is 1. The lowest BCUT2D eigenvalue weighted by Gasteiger charge is -2.17. The first-order valence-corrected chi connectivity index (χ1v) is 5.17. The highest BCUT2D eigenvalue weighted by Crippen LogP contribution is 2.33. The highest BCUT2D eigenvalue weighted by atomic mass is 14.9. The average Bonchev–Trinajstić information content (AvgIpc) is 2.55. The Kier molecular flexibility index (Phi) is 1.69. The fraction of sp³-hybridized carbons (Fsp3) is 0.231. The van der Waals surface area contributed by atoms with Gasteiger partial charge in [-0.25, -0.2) is 0 Å². The van der Waals surface area contributed by atoms with Crippen molar-refractivity contribution in [2.45, 2.75) is 6.42 Å². The van der Waals surface area contributed by atoms with E-state index in [2.05, 4.69) is 47.8 Å². The molecule has 1 heteroatoms. The number of hydrogen-bond acceptors (Lipinski definition) is 1. The highest BCUT2D eigenvalue weighted by Gasteiger charge is 2.24. The molecule has 1 saturated heterocycles. The zero-order valence-corrected chi connectivity index (χ0v) is 8.03. The predicted octanol–water partition coefficient (Wildman–Crippen LogP) is 2.47. The van der Waals surface area contributed by atoms with Crippen molar-refractivity contribution in [2.24, 2.45) is 5.92 Å². The molecule has 1 atom stereocenters. The van der Waals surface area contributed by atoms with Crippen LogP contribution in [0, 0.1) is 5.92 Å². The molecule has 0 bridgehead atoms. The SMILES string of the molecule is C1=CC=C2C=CC3CCNC3=C2C=C1. The molecular formula is C13H13N. The smallest absolute Gasteiger partial charge is 0.0257 e. The van der Waals surface area contributed by atoms with Crippen LogP contribution in [-0.2, 0) is 0 Å². The van der Waals surface area contributed by atoms with E-state index in [1.807, 2.05) is 0 Å². The summed E-state index contributed by atoms with van der Waals surface area (Å²) >= 11 is 0.